The van der Waals surface area contributed by atoms with Gasteiger partial charge in [0.05, 0.1) is 9.85 Å². The molecule has 0 radical (unpaired) electrons. The van der Waals surface area contributed by atoms with E-state index in [1.165, 1.54) is 31.2 Å². The molecule has 0 spiro atoms. The van der Waals surface area contributed by atoms with Crippen LogP contribution in [0.5, 0.6) is 5.75 Å². The van der Waals surface area contributed by atoms with Crippen molar-refractivity contribution >= 4 is 11.4 Å². The van der Waals surface area contributed by atoms with Crippen molar-refractivity contribution in [3.63, 3.8) is 0 Å². The lowest BCUT2D eigenvalue weighted by molar-refractivity contribution is -0.386. The Kier molecular flexibility index (Phi) is 4.75. The van der Waals surface area contributed by atoms with Crippen molar-refractivity contribution in [2.45, 2.75) is 13.0 Å². The number of hydrogen-bond acceptors (Lipinski definition) is 8. The van der Waals surface area contributed by atoms with Gasteiger partial charge in [-0.1, -0.05) is 0 Å². The summed E-state index contributed by atoms with van der Waals surface area (Å²) in [4.78, 5) is 20.5. The molecule has 138 valence electrons. The van der Waals surface area contributed by atoms with Crippen LogP contribution in [-0.2, 0) is 0 Å². The molecule has 27 heavy (non-hydrogen) atoms. The van der Waals surface area contributed by atoms with Crippen LogP contribution in [0.4, 0.5) is 15.8 Å². The minimum Gasteiger partial charge on any atom is -0.474 e. The molecule has 1 atom stereocenters. The Morgan fingerprint density at radius 1 is 1.07 bits per heavy atom. The molecule has 0 fully saturated rings. The second kappa shape index (κ2) is 7.15. The quantitative estimate of drug-likeness (QED) is 0.469. The average Bonchev–Trinajstić information content (AvgIpc) is 3.12. The van der Waals surface area contributed by atoms with E-state index >= 15 is 0 Å². The van der Waals surface area contributed by atoms with Gasteiger partial charge in [-0.2, -0.15) is 0 Å². The van der Waals surface area contributed by atoms with Crippen LogP contribution in [0.3, 0.4) is 0 Å². The number of nitro benzene ring substituents is 2. The zero-order valence-electron chi connectivity index (χ0n) is 13.7. The fraction of sp³-hybridized carbons (Fsp3) is 0.125. The van der Waals surface area contributed by atoms with Crippen LogP contribution in [-0.4, -0.2) is 20.0 Å². The highest BCUT2D eigenvalue weighted by Crippen LogP contribution is 2.32. The Hall–Kier alpha value is -3.89. The Morgan fingerprint density at radius 2 is 1.78 bits per heavy atom. The molecule has 0 unspecified atom stereocenters. The SMILES string of the molecule is C[C@H](Oc1cc(F)ccc1[N+](=O)[O-])c1nnc(-c2ccc([N+](=O)[O-])cc2)o1. The molecule has 10 nitrogen and oxygen atoms in total. The van der Waals surface area contributed by atoms with Gasteiger partial charge in [-0.3, -0.25) is 20.2 Å². The van der Waals surface area contributed by atoms with Crippen LogP contribution in [0.2, 0.25) is 0 Å². The third-order valence-electron chi connectivity index (χ3n) is 3.54. The van der Waals surface area contributed by atoms with Crippen molar-refractivity contribution in [3.8, 4) is 17.2 Å². The Balaban J connectivity index is 1.81. The van der Waals surface area contributed by atoms with E-state index in [-0.39, 0.29) is 23.2 Å². The summed E-state index contributed by atoms with van der Waals surface area (Å²) in [7, 11) is 0. The summed E-state index contributed by atoms with van der Waals surface area (Å²) in [5.74, 6) is -0.881. The van der Waals surface area contributed by atoms with Crippen LogP contribution in [0.1, 0.15) is 18.9 Å². The summed E-state index contributed by atoms with van der Waals surface area (Å²) in [6.45, 7) is 1.50. The number of benzene rings is 2. The van der Waals surface area contributed by atoms with E-state index in [4.69, 9.17) is 9.15 Å². The summed E-state index contributed by atoms with van der Waals surface area (Å²) >= 11 is 0. The summed E-state index contributed by atoms with van der Waals surface area (Å²) in [5.41, 5.74) is -0.0461. The number of nitrogens with zero attached hydrogens (tertiary/aromatic N) is 4. The van der Waals surface area contributed by atoms with Gasteiger partial charge in [-0.15, -0.1) is 10.2 Å². The van der Waals surface area contributed by atoms with E-state index in [9.17, 15) is 24.6 Å². The molecule has 0 aliphatic heterocycles. The van der Waals surface area contributed by atoms with Gasteiger partial charge >= 0.3 is 5.69 Å². The fourth-order valence-corrected chi connectivity index (χ4v) is 2.22. The zero-order chi connectivity index (χ0) is 19.6. The molecule has 0 aliphatic carbocycles. The Labute approximate surface area is 150 Å². The van der Waals surface area contributed by atoms with Gasteiger partial charge < -0.3 is 9.15 Å². The zero-order valence-corrected chi connectivity index (χ0v) is 13.7. The first-order valence-electron chi connectivity index (χ1n) is 7.54. The number of non-ortho nitro benzene ring substituents is 1. The highest BCUT2D eigenvalue weighted by Gasteiger charge is 2.22. The second-order valence-corrected chi connectivity index (χ2v) is 5.38. The van der Waals surface area contributed by atoms with Crippen LogP contribution in [0, 0.1) is 26.0 Å². The topological polar surface area (TPSA) is 134 Å². The van der Waals surface area contributed by atoms with Crippen molar-refractivity contribution in [1.82, 2.24) is 10.2 Å². The molecule has 0 amide bonds. The largest absolute Gasteiger partial charge is 0.474 e. The number of rotatable bonds is 6. The molecule has 3 aromatic rings. The van der Waals surface area contributed by atoms with E-state index in [1.54, 1.807) is 0 Å². The highest BCUT2D eigenvalue weighted by atomic mass is 19.1. The van der Waals surface area contributed by atoms with E-state index in [0.29, 0.717) is 5.56 Å². The van der Waals surface area contributed by atoms with Gasteiger partial charge in [0.15, 0.2) is 6.10 Å². The maximum absolute atomic E-state index is 13.4. The Bertz CT molecular complexity index is 1000. The molecule has 1 heterocycles. The van der Waals surface area contributed by atoms with Gasteiger partial charge in [0.2, 0.25) is 11.6 Å². The van der Waals surface area contributed by atoms with E-state index in [0.717, 1.165) is 18.2 Å². The van der Waals surface area contributed by atoms with Gasteiger partial charge in [0.25, 0.3) is 11.6 Å². The van der Waals surface area contributed by atoms with Gasteiger partial charge in [0.1, 0.15) is 5.82 Å². The predicted molar refractivity (Wildman–Crippen MR) is 88.5 cm³/mol. The van der Waals surface area contributed by atoms with Crippen molar-refractivity contribution in [2.75, 3.05) is 0 Å². The van der Waals surface area contributed by atoms with Gasteiger partial charge in [-0.25, -0.2) is 4.39 Å². The average molecular weight is 374 g/mol. The number of aromatic nitrogens is 2. The van der Waals surface area contributed by atoms with Crippen molar-refractivity contribution in [3.05, 3.63) is 74.4 Å². The summed E-state index contributed by atoms with van der Waals surface area (Å²) in [6, 6.07) is 8.30. The monoisotopic (exact) mass is 374 g/mol. The van der Waals surface area contributed by atoms with Crippen LogP contribution < -0.4 is 4.74 Å². The Morgan fingerprint density at radius 3 is 2.41 bits per heavy atom. The molecule has 0 aliphatic rings. The lowest BCUT2D eigenvalue weighted by Crippen LogP contribution is -2.05. The van der Waals surface area contributed by atoms with Crippen molar-refractivity contribution < 1.29 is 23.4 Å². The second-order valence-electron chi connectivity index (χ2n) is 5.38. The molecular formula is C16H11FN4O6. The van der Waals surface area contributed by atoms with Crippen molar-refractivity contribution in [1.29, 1.82) is 0 Å². The van der Waals surface area contributed by atoms with Crippen LogP contribution in [0.25, 0.3) is 11.5 Å². The maximum atomic E-state index is 13.4. The molecule has 0 bridgehead atoms. The molecule has 2 aromatic carbocycles. The first-order chi connectivity index (χ1) is 12.8. The minimum atomic E-state index is -0.898. The molecule has 1 aromatic heterocycles. The minimum absolute atomic E-state index is 0.00177. The summed E-state index contributed by atoms with van der Waals surface area (Å²) in [6.07, 6.45) is -0.898. The maximum Gasteiger partial charge on any atom is 0.311 e. The molecular weight excluding hydrogens is 363 g/mol. The number of hydrogen-bond donors (Lipinski definition) is 0. The van der Waals surface area contributed by atoms with Crippen LogP contribution >= 0.6 is 0 Å². The van der Waals surface area contributed by atoms with Crippen LogP contribution in [0.15, 0.2) is 46.9 Å². The molecule has 11 heteroatoms. The third-order valence-corrected chi connectivity index (χ3v) is 3.54. The summed E-state index contributed by atoms with van der Waals surface area (Å²) in [5, 5.41) is 29.3. The first-order valence-corrected chi connectivity index (χ1v) is 7.54. The lowest BCUT2D eigenvalue weighted by Gasteiger charge is -2.11. The van der Waals surface area contributed by atoms with Gasteiger partial charge in [0, 0.05) is 29.8 Å². The van der Waals surface area contributed by atoms with Crippen molar-refractivity contribution in [2.24, 2.45) is 0 Å². The normalized spacial score (nSPS) is 11.8. The van der Waals surface area contributed by atoms with E-state index < -0.39 is 27.5 Å². The first kappa shape index (κ1) is 17.9. The smallest absolute Gasteiger partial charge is 0.311 e. The number of nitro groups is 2. The standard InChI is InChI=1S/C16H11FN4O6/c1-9(26-14-8-11(17)4-7-13(14)21(24)25)15-18-19-16(27-15)10-2-5-12(6-3-10)20(22)23/h2-9H,1H3/t9-/m0/s1. The fourth-order valence-electron chi connectivity index (χ4n) is 2.22. The van der Waals surface area contributed by atoms with E-state index in [1.807, 2.05) is 0 Å². The summed E-state index contributed by atoms with van der Waals surface area (Å²) < 4.78 is 24.2. The number of ether oxygens (including phenoxy) is 1. The highest BCUT2D eigenvalue weighted by molar-refractivity contribution is 5.55. The third kappa shape index (κ3) is 3.86. The van der Waals surface area contributed by atoms with E-state index in [2.05, 4.69) is 10.2 Å². The molecule has 0 saturated heterocycles. The molecule has 0 N–H and O–H groups in total. The molecule has 3 rings (SSSR count). The lowest BCUT2D eigenvalue weighted by atomic mass is 10.2. The molecule has 0 saturated carbocycles. The number of halogens is 1. The predicted octanol–water partition coefficient (Wildman–Crippen LogP) is 3.83. The van der Waals surface area contributed by atoms with Gasteiger partial charge in [-0.05, 0) is 25.1 Å².